The van der Waals surface area contributed by atoms with E-state index in [2.05, 4.69) is 10.5 Å². The third-order valence-corrected chi connectivity index (χ3v) is 3.88. The maximum Gasteiger partial charge on any atom is 0.230 e. The van der Waals surface area contributed by atoms with Gasteiger partial charge in [-0.05, 0) is 30.3 Å². The first-order valence-corrected chi connectivity index (χ1v) is 8.09. The number of para-hydroxylation sites is 1. The van der Waals surface area contributed by atoms with E-state index >= 15 is 0 Å². The number of nitrogens with zero attached hydrogens (tertiary/aromatic N) is 1. The average molecular weight is 354 g/mol. The zero-order valence-corrected chi connectivity index (χ0v) is 13.7. The van der Waals surface area contributed by atoms with Crippen LogP contribution in [0.15, 0.2) is 53.1 Å². The Kier molecular flexibility index (Phi) is 4.27. The van der Waals surface area contributed by atoms with Gasteiger partial charge >= 0.3 is 0 Å². The fraction of sp³-hybridized carbons (Fsp3) is 0.158. The molecule has 1 aromatic heterocycles. The van der Waals surface area contributed by atoms with Crippen molar-refractivity contribution in [2.45, 2.75) is 6.42 Å². The van der Waals surface area contributed by atoms with Gasteiger partial charge in [0.15, 0.2) is 17.3 Å². The Bertz CT molecular complexity index is 954. The van der Waals surface area contributed by atoms with E-state index in [4.69, 9.17) is 14.0 Å². The largest absolute Gasteiger partial charge is 0.486 e. The first-order valence-electron chi connectivity index (χ1n) is 8.09. The van der Waals surface area contributed by atoms with Crippen molar-refractivity contribution >= 4 is 11.6 Å². The Morgan fingerprint density at radius 1 is 1.08 bits per heavy atom. The third-order valence-electron chi connectivity index (χ3n) is 3.88. The summed E-state index contributed by atoms with van der Waals surface area (Å²) in [6, 6.07) is 13.1. The number of aromatic nitrogens is 1. The Balaban J connectivity index is 1.46. The molecule has 0 saturated heterocycles. The molecule has 0 radical (unpaired) electrons. The number of fused-ring (bicyclic) bond motifs is 1. The van der Waals surface area contributed by atoms with E-state index < -0.39 is 5.82 Å². The summed E-state index contributed by atoms with van der Waals surface area (Å²) >= 11 is 0. The first-order chi connectivity index (χ1) is 12.7. The molecule has 0 bridgehead atoms. The van der Waals surface area contributed by atoms with Crippen LogP contribution in [-0.2, 0) is 11.2 Å². The van der Waals surface area contributed by atoms with Gasteiger partial charge < -0.3 is 19.3 Å². The SMILES string of the molecule is O=C(Cc1cc(-c2ccc3c(c2)OCCO3)on1)Nc1ccccc1F. The summed E-state index contributed by atoms with van der Waals surface area (Å²) in [4.78, 5) is 12.1. The fourth-order valence-electron chi connectivity index (χ4n) is 2.65. The molecule has 7 heteroatoms. The lowest BCUT2D eigenvalue weighted by Gasteiger charge is -2.18. The van der Waals surface area contributed by atoms with E-state index in [1.807, 2.05) is 6.07 Å². The lowest BCUT2D eigenvalue weighted by molar-refractivity contribution is -0.115. The highest BCUT2D eigenvalue weighted by Crippen LogP contribution is 2.34. The molecule has 1 N–H and O–H groups in total. The highest BCUT2D eigenvalue weighted by atomic mass is 19.1. The molecule has 0 atom stereocenters. The molecule has 0 fully saturated rings. The van der Waals surface area contributed by atoms with E-state index in [0.717, 1.165) is 5.56 Å². The van der Waals surface area contributed by atoms with Crippen LogP contribution >= 0.6 is 0 Å². The molecule has 0 aliphatic carbocycles. The highest BCUT2D eigenvalue weighted by molar-refractivity contribution is 5.92. The minimum absolute atomic E-state index is 0.0254. The number of carbonyl (C=O) groups is 1. The second kappa shape index (κ2) is 6.87. The number of anilines is 1. The number of benzene rings is 2. The summed E-state index contributed by atoms with van der Waals surface area (Å²) in [5.74, 6) is 0.971. The molecule has 0 saturated carbocycles. The van der Waals surface area contributed by atoms with Gasteiger partial charge in [0.1, 0.15) is 19.0 Å². The van der Waals surface area contributed by atoms with Crippen molar-refractivity contribution < 1.29 is 23.2 Å². The molecule has 0 spiro atoms. The van der Waals surface area contributed by atoms with Crippen LogP contribution < -0.4 is 14.8 Å². The van der Waals surface area contributed by atoms with Gasteiger partial charge in [-0.3, -0.25) is 4.79 Å². The first kappa shape index (κ1) is 16.1. The van der Waals surface area contributed by atoms with Gasteiger partial charge in [-0.25, -0.2) is 4.39 Å². The molecule has 26 heavy (non-hydrogen) atoms. The Morgan fingerprint density at radius 3 is 2.73 bits per heavy atom. The van der Waals surface area contributed by atoms with Gasteiger partial charge in [0.2, 0.25) is 5.91 Å². The van der Waals surface area contributed by atoms with E-state index in [-0.39, 0.29) is 18.0 Å². The normalized spacial score (nSPS) is 12.7. The minimum Gasteiger partial charge on any atom is -0.486 e. The molecule has 1 aliphatic heterocycles. The van der Waals surface area contributed by atoms with Gasteiger partial charge in [0, 0.05) is 11.6 Å². The number of ether oxygens (including phenoxy) is 2. The maximum absolute atomic E-state index is 13.6. The second-order valence-corrected chi connectivity index (χ2v) is 5.75. The van der Waals surface area contributed by atoms with Crippen LogP contribution in [0, 0.1) is 5.82 Å². The summed E-state index contributed by atoms with van der Waals surface area (Å²) in [7, 11) is 0. The van der Waals surface area contributed by atoms with Crippen molar-refractivity contribution in [2.75, 3.05) is 18.5 Å². The Hall–Kier alpha value is -3.35. The van der Waals surface area contributed by atoms with E-state index in [9.17, 15) is 9.18 Å². The molecule has 2 heterocycles. The summed E-state index contributed by atoms with van der Waals surface area (Å²) in [5.41, 5.74) is 1.35. The number of hydrogen-bond donors (Lipinski definition) is 1. The van der Waals surface area contributed by atoms with Crippen LogP contribution in [0.4, 0.5) is 10.1 Å². The fourth-order valence-corrected chi connectivity index (χ4v) is 2.65. The number of nitrogens with one attached hydrogen (secondary N) is 1. The summed E-state index contributed by atoms with van der Waals surface area (Å²) in [6.07, 6.45) is -0.0254. The minimum atomic E-state index is -0.488. The predicted molar refractivity (Wildman–Crippen MR) is 91.7 cm³/mol. The van der Waals surface area contributed by atoms with Crippen LogP contribution in [0.3, 0.4) is 0 Å². The Labute approximate surface area is 148 Å². The number of halogens is 1. The number of amides is 1. The average Bonchev–Trinajstić information content (AvgIpc) is 3.11. The maximum atomic E-state index is 13.6. The third kappa shape index (κ3) is 3.37. The molecule has 6 nitrogen and oxygen atoms in total. The molecule has 4 rings (SSSR count). The molecule has 1 amide bonds. The molecule has 3 aromatic rings. The summed E-state index contributed by atoms with van der Waals surface area (Å²) in [6.45, 7) is 1.02. The summed E-state index contributed by atoms with van der Waals surface area (Å²) in [5, 5.41) is 6.42. The van der Waals surface area contributed by atoms with Gasteiger partial charge in [-0.15, -0.1) is 0 Å². The molecular weight excluding hydrogens is 339 g/mol. The lowest BCUT2D eigenvalue weighted by Crippen LogP contribution is -2.15. The molecule has 1 aliphatic rings. The van der Waals surface area contributed by atoms with Gasteiger partial charge in [0.25, 0.3) is 0 Å². The van der Waals surface area contributed by atoms with Crippen LogP contribution in [-0.4, -0.2) is 24.3 Å². The predicted octanol–water partition coefficient (Wildman–Crippen LogP) is 3.43. The van der Waals surface area contributed by atoms with Crippen LogP contribution in [0.2, 0.25) is 0 Å². The van der Waals surface area contributed by atoms with Gasteiger partial charge in [0.05, 0.1) is 17.8 Å². The topological polar surface area (TPSA) is 73.6 Å². The van der Waals surface area contributed by atoms with E-state index in [1.54, 1.807) is 30.3 Å². The summed E-state index contributed by atoms with van der Waals surface area (Å²) < 4.78 is 29.9. The smallest absolute Gasteiger partial charge is 0.230 e. The number of rotatable bonds is 4. The monoisotopic (exact) mass is 354 g/mol. The van der Waals surface area contributed by atoms with Crippen molar-refractivity contribution in [2.24, 2.45) is 0 Å². The highest BCUT2D eigenvalue weighted by Gasteiger charge is 2.16. The van der Waals surface area contributed by atoms with Crippen molar-refractivity contribution in [1.29, 1.82) is 0 Å². The van der Waals surface area contributed by atoms with Crippen LogP contribution in [0.5, 0.6) is 11.5 Å². The zero-order valence-electron chi connectivity index (χ0n) is 13.7. The quantitative estimate of drug-likeness (QED) is 0.777. The number of hydrogen-bond acceptors (Lipinski definition) is 5. The van der Waals surface area contributed by atoms with Gasteiger partial charge in [-0.1, -0.05) is 17.3 Å². The molecule has 2 aromatic carbocycles. The zero-order chi connectivity index (χ0) is 17.9. The number of carbonyl (C=O) groups excluding carboxylic acids is 1. The molecule has 132 valence electrons. The van der Waals surface area contributed by atoms with Crippen molar-refractivity contribution in [3.63, 3.8) is 0 Å². The lowest BCUT2D eigenvalue weighted by atomic mass is 10.1. The van der Waals surface area contributed by atoms with Crippen molar-refractivity contribution in [1.82, 2.24) is 5.16 Å². The molecule has 0 unspecified atom stereocenters. The van der Waals surface area contributed by atoms with Crippen LogP contribution in [0.1, 0.15) is 5.69 Å². The van der Waals surface area contributed by atoms with Crippen LogP contribution in [0.25, 0.3) is 11.3 Å². The van der Waals surface area contributed by atoms with E-state index in [1.165, 1.54) is 12.1 Å². The van der Waals surface area contributed by atoms with Gasteiger partial charge in [-0.2, -0.15) is 0 Å². The van der Waals surface area contributed by atoms with Crippen molar-refractivity contribution in [3.05, 3.63) is 60.0 Å². The van der Waals surface area contributed by atoms with E-state index in [0.29, 0.717) is 36.2 Å². The molecular formula is C19H15FN2O4. The van der Waals surface area contributed by atoms with Crippen molar-refractivity contribution in [3.8, 4) is 22.8 Å². The standard InChI is InChI=1S/C19H15FN2O4/c20-14-3-1-2-4-15(14)21-19(23)11-13-10-17(26-22-13)12-5-6-16-18(9-12)25-8-7-24-16/h1-6,9-10H,7-8,11H2,(H,21,23). The Morgan fingerprint density at radius 2 is 1.88 bits per heavy atom. The second-order valence-electron chi connectivity index (χ2n) is 5.75.